The molecule has 0 aliphatic carbocycles. The third-order valence-electron chi connectivity index (χ3n) is 2.46. The molecule has 0 spiro atoms. The summed E-state index contributed by atoms with van der Waals surface area (Å²) in [7, 11) is 0. The fraction of sp³-hybridized carbons (Fsp3) is 0.417. The molecule has 1 heterocycles. The Kier molecular flexibility index (Phi) is 5.27. The molecule has 0 saturated heterocycles. The fourth-order valence-electron chi connectivity index (χ4n) is 1.33. The van der Waals surface area contributed by atoms with Crippen molar-refractivity contribution in [3.05, 3.63) is 28.5 Å². The summed E-state index contributed by atoms with van der Waals surface area (Å²) < 4.78 is 5.54. The number of hydrogen-bond donors (Lipinski definition) is 1. The molecule has 6 heteroatoms. The van der Waals surface area contributed by atoms with E-state index >= 15 is 0 Å². The fourth-order valence-corrected chi connectivity index (χ4v) is 1.71. The van der Waals surface area contributed by atoms with Gasteiger partial charge in [0.25, 0.3) is 0 Å². The second kappa shape index (κ2) is 6.49. The standard InChI is InChI=1S/C12H14BrNO4/c1-3-7(2)18-12(17)10(11(15)16)8-4-5-14-9(13)6-8/h4-7,10H,3H2,1-2H3,(H,15,16). The number of pyridine rings is 1. The number of aliphatic carboxylic acids is 1. The summed E-state index contributed by atoms with van der Waals surface area (Å²) in [5.74, 6) is -3.31. The average Bonchev–Trinajstić information content (AvgIpc) is 2.28. The third kappa shape index (κ3) is 3.80. The summed E-state index contributed by atoms with van der Waals surface area (Å²) in [5, 5.41) is 9.14. The zero-order valence-corrected chi connectivity index (χ0v) is 11.7. The van der Waals surface area contributed by atoms with Gasteiger partial charge in [-0.2, -0.15) is 0 Å². The van der Waals surface area contributed by atoms with Crippen molar-refractivity contribution in [2.24, 2.45) is 0 Å². The van der Waals surface area contributed by atoms with E-state index in [1.54, 1.807) is 6.92 Å². The molecule has 98 valence electrons. The minimum atomic E-state index is -1.32. The molecule has 0 bridgehead atoms. The molecule has 0 fully saturated rings. The van der Waals surface area contributed by atoms with Crippen LogP contribution in [0.3, 0.4) is 0 Å². The van der Waals surface area contributed by atoms with Gasteiger partial charge in [0.2, 0.25) is 0 Å². The van der Waals surface area contributed by atoms with Crippen LogP contribution in [0.25, 0.3) is 0 Å². The van der Waals surface area contributed by atoms with Crippen molar-refractivity contribution in [1.29, 1.82) is 0 Å². The maximum absolute atomic E-state index is 11.8. The van der Waals surface area contributed by atoms with Gasteiger partial charge >= 0.3 is 11.9 Å². The van der Waals surface area contributed by atoms with Crippen LogP contribution in [0, 0.1) is 0 Å². The summed E-state index contributed by atoms with van der Waals surface area (Å²) >= 11 is 3.14. The maximum Gasteiger partial charge on any atom is 0.325 e. The van der Waals surface area contributed by atoms with Crippen LogP contribution in [0.1, 0.15) is 31.7 Å². The van der Waals surface area contributed by atoms with Gasteiger partial charge < -0.3 is 9.84 Å². The largest absolute Gasteiger partial charge is 0.480 e. The number of esters is 1. The van der Waals surface area contributed by atoms with Crippen LogP contribution in [0.15, 0.2) is 22.9 Å². The molecule has 0 aliphatic heterocycles. The van der Waals surface area contributed by atoms with Gasteiger partial charge in [-0.1, -0.05) is 6.92 Å². The molecule has 1 N–H and O–H groups in total. The lowest BCUT2D eigenvalue weighted by molar-refractivity contribution is -0.157. The van der Waals surface area contributed by atoms with Crippen LogP contribution in [-0.2, 0) is 14.3 Å². The highest BCUT2D eigenvalue weighted by Crippen LogP contribution is 2.21. The van der Waals surface area contributed by atoms with E-state index < -0.39 is 17.9 Å². The first kappa shape index (κ1) is 14.6. The minimum absolute atomic E-state index is 0.301. The van der Waals surface area contributed by atoms with Gasteiger partial charge in [0.1, 0.15) is 4.60 Å². The predicted molar refractivity (Wildman–Crippen MR) is 68.2 cm³/mol. The first-order valence-corrected chi connectivity index (χ1v) is 6.29. The first-order valence-electron chi connectivity index (χ1n) is 5.50. The number of rotatable bonds is 5. The molecule has 0 amide bonds. The Bertz CT molecular complexity index is 449. The van der Waals surface area contributed by atoms with E-state index in [-0.39, 0.29) is 6.10 Å². The van der Waals surface area contributed by atoms with Gasteiger partial charge in [-0.3, -0.25) is 9.59 Å². The zero-order chi connectivity index (χ0) is 13.7. The van der Waals surface area contributed by atoms with Crippen molar-refractivity contribution in [1.82, 2.24) is 4.98 Å². The number of carboxylic acids is 1. The predicted octanol–water partition coefficient (Wildman–Crippen LogP) is 2.35. The number of ether oxygens (including phenoxy) is 1. The highest BCUT2D eigenvalue weighted by molar-refractivity contribution is 9.10. The van der Waals surface area contributed by atoms with Crippen LogP contribution >= 0.6 is 15.9 Å². The Morgan fingerprint density at radius 3 is 2.72 bits per heavy atom. The lowest BCUT2D eigenvalue weighted by Crippen LogP contribution is -2.26. The molecular weight excluding hydrogens is 302 g/mol. The van der Waals surface area contributed by atoms with E-state index in [9.17, 15) is 9.59 Å². The SMILES string of the molecule is CCC(C)OC(=O)C(C(=O)O)c1ccnc(Br)c1. The Balaban J connectivity index is 2.96. The van der Waals surface area contributed by atoms with Crippen LogP contribution in [0.2, 0.25) is 0 Å². The monoisotopic (exact) mass is 315 g/mol. The Hall–Kier alpha value is -1.43. The Morgan fingerprint density at radius 1 is 1.56 bits per heavy atom. The van der Waals surface area contributed by atoms with Crippen molar-refractivity contribution < 1.29 is 19.4 Å². The van der Waals surface area contributed by atoms with E-state index in [1.165, 1.54) is 18.3 Å². The summed E-state index contributed by atoms with van der Waals surface area (Å²) in [6.45, 7) is 3.58. The van der Waals surface area contributed by atoms with E-state index in [1.807, 2.05) is 6.92 Å². The van der Waals surface area contributed by atoms with Crippen molar-refractivity contribution in [3.8, 4) is 0 Å². The smallest absolute Gasteiger partial charge is 0.325 e. The minimum Gasteiger partial charge on any atom is -0.480 e. The molecular formula is C12H14BrNO4. The molecule has 1 rings (SSSR count). The summed E-state index contributed by atoms with van der Waals surface area (Å²) in [6.07, 6.45) is 1.77. The third-order valence-corrected chi connectivity index (χ3v) is 2.89. The van der Waals surface area contributed by atoms with Crippen LogP contribution < -0.4 is 0 Å². The van der Waals surface area contributed by atoms with Crippen molar-refractivity contribution >= 4 is 27.9 Å². The Labute approximate surface area is 113 Å². The number of aromatic nitrogens is 1. The summed E-state index contributed by atoms with van der Waals surface area (Å²) in [5.41, 5.74) is 0.345. The van der Waals surface area contributed by atoms with Crippen LogP contribution in [-0.4, -0.2) is 28.1 Å². The molecule has 5 nitrogen and oxygen atoms in total. The molecule has 1 aromatic rings. The number of halogens is 1. The molecule has 0 radical (unpaired) electrons. The second-order valence-electron chi connectivity index (χ2n) is 3.84. The molecule has 18 heavy (non-hydrogen) atoms. The second-order valence-corrected chi connectivity index (χ2v) is 4.65. The van der Waals surface area contributed by atoms with Gasteiger partial charge in [0.05, 0.1) is 6.10 Å². The average molecular weight is 316 g/mol. The number of carbonyl (C=O) groups is 2. The van der Waals surface area contributed by atoms with Gasteiger partial charge in [-0.25, -0.2) is 4.98 Å². The molecule has 2 unspecified atom stereocenters. The summed E-state index contributed by atoms with van der Waals surface area (Å²) in [6, 6.07) is 2.98. The quantitative estimate of drug-likeness (QED) is 0.513. The van der Waals surface area contributed by atoms with Crippen LogP contribution in [0.4, 0.5) is 0 Å². The first-order chi connectivity index (χ1) is 8.45. The van der Waals surface area contributed by atoms with E-state index in [2.05, 4.69) is 20.9 Å². The highest BCUT2D eigenvalue weighted by Gasteiger charge is 2.31. The topological polar surface area (TPSA) is 76.5 Å². The van der Waals surface area contributed by atoms with E-state index in [0.29, 0.717) is 16.6 Å². The van der Waals surface area contributed by atoms with Gasteiger partial charge in [-0.05, 0) is 47.0 Å². The van der Waals surface area contributed by atoms with Crippen LogP contribution in [0.5, 0.6) is 0 Å². The molecule has 0 saturated carbocycles. The van der Waals surface area contributed by atoms with E-state index in [0.717, 1.165) is 0 Å². The summed E-state index contributed by atoms with van der Waals surface area (Å²) in [4.78, 5) is 26.9. The number of hydrogen-bond acceptors (Lipinski definition) is 4. The maximum atomic E-state index is 11.8. The lowest BCUT2D eigenvalue weighted by Gasteiger charge is -2.16. The lowest BCUT2D eigenvalue weighted by atomic mass is 10.0. The highest BCUT2D eigenvalue weighted by atomic mass is 79.9. The molecule has 1 aromatic heterocycles. The molecule has 0 aromatic carbocycles. The number of carbonyl (C=O) groups excluding carboxylic acids is 1. The van der Waals surface area contributed by atoms with Crippen molar-refractivity contribution in [3.63, 3.8) is 0 Å². The Morgan fingerprint density at radius 2 is 2.22 bits per heavy atom. The molecule has 0 aliphatic rings. The van der Waals surface area contributed by atoms with E-state index in [4.69, 9.17) is 9.84 Å². The number of nitrogens with zero attached hydrogens (tertiary/aromatic N) is 1. The molecule has 2 atom stereocenters. The number of carboxylic acid groups (broad SMARTS) is 1. The zero-order valence-electron chi connectivity index (χ0n) is 10.1. The van der Waals surface area contributed by atoms with Gasteiger partial charge in [-0.15, -0.1) is 0 Å². The van der Waals surface area contributed by atoms with Gasteiger partial charge in [0, 0.05) is 6.20 Å². The van der Waals surface area contributed by atoms with Crippen molar-refractivity contribution in [2.45, 2.75) is 32.3 Å². The normalized spacial score (nSPS) is 13.7. The van der Waals surface area contributed by atoms with Crippen molar-refractivity contribution in [2.75, 3.05) is 0 Å². The van der Waals surface area contributed by atoms with Gasteiger partial charge in [0.15, 0.2) is 5.92 Å².